The molecular formula is C33H42ClN5O5. The van der Waals surface area contributed by atoms with Gasteiger partial charge in [-0.25, -0.2) is 0 Å². The molecule has 2 saturated heterocycles. The number of alkyl halides is 1. The van der Waals surface area contributed by atoms with Crippen molar-refractivity contribution in [2.45, 2.75) is 76.9 Å². The molecule has 0 radical (unpaired) electrons. The van der Waals surface area contributed by atoms with Crippen LogP contribution in [-0.4, -0.2) is 76.4 Å². The van der Waals surface area contributed by atoms with Gasteiger partial charge >= 0.3 is 0 Å². The molecule has 44 heavy (non-hydrogen) atoms. The van der Waals surface area contributed by atoms with Gasteiger partial charge in [0, 0.05) is 29.9 Å². The third-order valence-corrected chi connectivity index (χ3v) is 11.0. The van der Waals surface area contributed by atoms with Gasteiger partial charge in [-0.2, -0.15) is 0 Å². The molecule has 3 heterocycles. The zero-order chi connectivity index (χ0) is 31.2. The molecular weight excluding hydrogens is 582 g/mol. The van der Waals surface area contributed by atoms with Crippen LogP contribution in [0.5, 0.6) is 0 Å². The first-order valence-electron chi connectivity index (χ1n) is 16.0. The highest BCUT2D eigenvalue weighted by Gasteiger charge is 2.69. The van der Waals surface area contributed by atoms with E-state index in [2.05, 4.69) is 34.8 Å². The first kappa shape index (κ1) is 30.6. The van der Waals surface area contributed by atoms with Crippen LogP contribution in [0.2, 0.25) is 0 Å². The van der Waals surface area contributed by atoms with E-state index in [-0.39, 0.29) is 64.9 Å². The summed E-state index contributed by atoms with van der Waals surface area (Å²) in [6.45, 7) is 5.16. The third kappa shape index (κ3) is 5.73. The van der Waals surface area contributed by atoms with E-state index in [4.69, 9.17) is 11.6 Å². The molecule has 6 rings (SSSR count). The Morgan fingerprint density at radius 1 is 1.07 bits per heavy atom. The molecule has 236 valence electrons. The van der Waals surface area contributed by atoms with E-state index in [9.17, 15) is 24.0 Å². The van der Waals surface area contributed by atoms with E-state index in [1.165, 1.54) is 0 Å². The molecule has 1 aromatic carbocycles. The number of H-pyrrole nitrogens is 1. The SMILES string of the molecule is CC1(C)[C@@H]2[C@@H](C(=O)N[C@@H](C[C@@H]3CCNC3=O)C(=O)CCl)N(C(=O)[C@@H](NC(=O)c3cc4ccccc4[nH]3)C3CCCCC3)C[C@@H]21. The van der Waals surface area contributed by atoms with Gasteiger partial charge in [-0.1, -0.05) is 51.3 Å². The summed E-state index contributed by atoms with van der Waals surface area (Å²) in [5.74, 6) is -2.11. The van der Waals surface area contributed by atoms with Gasteiger partial charge in [-0.05, 0) is 61.0 Å². The second kappa shape index (κ2) is 12.2. The molecule has 6 atom stereocenters. The number of Topliss-reactive ketones (excluding diaryl/α,β-unsaturated/α-hetero) is 1. The first-order chi connectivity index (χ1) is 21.1. The Morgan fingerprint density at radius 3 is 2.50 bits per heavy atom. The molecule has 1 aromatic heterocycles. The summed E-state index contributed by atoms with van der Waals surface area (Å²) in [5.41, 5.74) is 1.09. The van der Waals surface area contributed by atoms with Gasteiger partial charge in [0.15, 0.2) is 5.78 Å². The van der Waals surface area contributed by atoms with E-state index in [1.54, 1.807) is 11.0 Å². The molecule has 2 aliphatic carbocycles. The van der Waals surface area contributed by atoms with E-state index in [1.807, 2.05) is 24.3 Å². The Hall–Kier alpha value is -3.40. The average molecular weight is 624 g/mol. The van der Waals surface area contributed by atoms with Crippen molar-refractivity contribution in [2.75, 3.05) is 19.0 Å². The summed E-state index contributed by atoms with van der Waals surface area (Å²) in [6.07, 6.45) is 5.46. The van der Waals surface area contributed by atoms with Crippen LogP contribution in [0, 0.1) is 29.1 Å². The van der Waals surface area contributed by atoms with E-state index < -0.39 is 24.0 Å². The molecule has 0 bridgehead atoms. The van der Waals surface area contributed by atoms with Gasteiger partial charge in [0.2, 0.25) is 17.7 Å². The zero-order valence-corrected chi connectivity index (χ0v) is 26.1. The summed E-state index contributed by atoms with van der Waals surface area (Å²) in [6, 6.07) is 6.96. The fourth-order valence-corrected chi connectivity index (χ4v) is 8.22. The number of carbonyl (C=O) groups is 5. The van der Waals surface area contributed by atoms with Crippen LogP contribution in [0.15, 0.2) is 30.3 Å². The Morgan fingerprint density at radius 2 is 1.82 bits per heavy atom. The minimum atomic E-state index is -0.914. The van der Waals surface area contributed by atoms with E-state index in [0.29, 0.717) is 25.2 Å². The predicted molar refractivity (Wildman–Crippen MR) is 166 cm³/mol. The highest BCUT2D eigenvalue weighted by Crippen LogP contribution is 2.65. The molecule has 2 aliphatic heterocycles. The maximum absolute atomic E-state index is 14.5. The molecule has 10 nitrogen and oxygen atoms in total. The van der Waals surface area contributed by atoms with Crippen molar-refractivity contribution >= 4 is 51.9 Å². The van der Waals surface area contributed by atoms with Crippen molar-refractivity contribution in [3.05, 3.63) is 36.0 Å². The lowest BCUT2D eigenvalue weighted by Crippen LogP contribution is -2.59. The second-order valence-corrected chi connectivity index (χ2v) is 13.9. The summed E-state index contributed by atoms with van der Waals surface area (Å²) in [4.78, 5) is 71.9. The highest BCUT2D eigenvalue weighted by atomic mass is 35.5. The number of ketones is 1. The number of halogens is 1. The fourth-order valence-electron chi connectivity index (χ4n) is 8.03. The van der Waals surface area contributed by atoms with Crippen molar-refractivity contribution in [3.8, 4) is 0 Å². The number of benzene rings is 1. The predicted octanol–water partition coefficient (Wildman–Crippen LogP) is 3.15. The lowest BCUT2D eigenvalue weighted by molar-refractivity contribution is -0.143. The summed E-state index contributed by atoms with van der Waals surface area (Å²) < 4.78 is 0. The number of hydrogen-bond acceptors (Lipinski definition) is 5. The maximum atomic E-state index is 14.5. The van der Waals surface area contributed by atoms with Gasteiger partial charge in [-0.3, -0.25) is 24.0 Å². The summed E-state index contributed by atoms with van der Waals surface area (Å²) in [5, 5.41) is 9.65. The van der Waals surface area contributed by atoms with Crippen LogP contribution in [0.4, 0.5) is 0 Å². The average Bonchev–Trinajstić information content (AvgIpc) is 3.54. The quantitative estimate of drug-likeness (QED) is 0.301. The van der Waals surface area contributed by atoms with Crippen LogP contribution < -0.4 is 16.0 Å². The topological polar surface area (TPSA) is 140 Å². The smallest absolute Gasteiger partial charge is 0.268 e. The van der Waals surface area contributed by atoms with Crippen LogP contribution in [0.25, 0.3) is 10.9 Å². The number of piperidine rings is 1. The number of rotatable bonds is 10. The van der Waals surface area contributed by atoms with E-state index in [0.717, 1.165) is 43.0 Å². The Labute approximate surface area is 262 Å². The molecule has 4 amide bonds. The summed E-state index contributed by atoms with van der Waals surface area (Å²) in [7, 11) is 0. The number of carbonyl (C=O) groups excluding carboxylic acids is 5. The molecule has 0 spiro atoms. The number of fused-ring (bicyclic) bond motifs is 2. The lowest BCUT2D eigenvalue weighted by Gasteiger charge is -2.37. The minimum absolute atomic E-state index is 0.0373. The van der Waals surface area contributed by atoms with Crippen molar-refractivity contribution in [1.82, 2.24) is 25.8 Å². The molecule has 2 saturated carbocycles. The number of hydrogen-bond donors (Lipinski definition) is 4. The van der Waals surface area contributed by atoms with Crippen molar-refractivity contribution in [1.29, 1.82) is 0 Å². The maximum Gasteiger partial charge on any atom is 0.268 e. The van der Waals surface area contributed by atoms with Gasteiger partial charge in [0.05, 0.1) is 11.9 Å². The highest BCUT2D eigenvalue weighted by molar-refractivity contribution is 6.28. The number of nitrogens with one attached hydrogen (secondary N) is 4. The normalized spacial score (nSPS) is 27.3. The summed E-state index contributed by atoms with van der Waals surface area (Å²) >= 11 is 5.92. The fraction of sp³-hybridized carbons (Fsp3) is 0.606. The van der Waals surface area contributed by atoms with Gasteiger partial charge in [0.25, 0.3) is 5.91 Å². The van der Waals surface area contributed by atoms with Crippen LogP contribution in [0.3, 0.4) is 0 Å². The van der Waals surface area contributed by atoms with Crippen molar-refractivity contribution in [3.63, 3.8) is 0 Å². The molecule has 0 unspecified atom stereocenters. The molecule has 4 fully saturated rings. The van der Waals surface area contributed by atoms with E-state index >= 15 is 0 Å². The Balaban J connectivity index is 1.24. The number of amides is 4. The molecule has 4 N–H and O–H groups in total. The zero-order valence-electron chi connectivity index (χ0n) is 25.4. The van der Waals surface area contributed by atoms with Gasteiger partial charge in [-0.15, -0.1) is 11.6 Å². The molecule has 2 aromatic rings. The number of aromatic nitrogens is 1. The van der Waals surface area contributed by atoms with Gasteiger partial charge in [0.1, 0.15) is 17.8 Å². The number of para-hydroxylation sites is 1. The van der Waals surface area contributed by atoms with Crippen molar-refractivity contribution in [2.24, 2.45) is 29.1 Å². The molecule has 11 heteroatoms. The first-order valence-corrected chi connectivity index (χ1v) is 16.5. The van der Waals surface area contributed by atoms with Crippen LogP contribution >= 0.6 is 11.6 Å². The number of likely N-dealkylation sites (tertiary alicyclic amines) is 1. The van der Waals surface area contributed by atoms with Crippen LogP contribution in [0.1, 0.15) is 69.3 Å². The van der Waals surface area contributed by atoms with Crippen molar-refractivity contribution < 1.29 is 24.0 Å². The van der Waals surface area contributed by atoms with Crippen LogP contribution in [-0.2, 0) is 19.2 Å². The minimum Gasteiger partial charge on any atom is -0.356 e. The standard InChI is InChI=1S/C33H42ClN5O5/c1-33(2)21-17-39(28(26(21)33)31(43)37-23(25(40)16-34)15-20-12-13-35-29(20)41)32(44)27(18-8-4-3-5-9-18)38-30(42)24-14-19-10-6-7-11-22(19)36-24/h6-7,10-11,14,18,20-21,23,26-28,36H,3-5,8-9,12-13,15-17H2,1-2H3,(H,35,41)(H,37,43)(H,38,42)/t20-,21-,23-,26-,27-,28-/m0/s1. The number of nitrogens with zero attached hydrogens (tertiary/aromatic N) is 1. The Kier molecular flexibility index (Phi) is 8.48. The second-order valence-electron chi connectivity index (χ2n) is 13.7. The Bertz CT molecular complexity index is 1430. The largest absolute Gasteiger partial charge is 0.356 e. The van der Waals surface area contributed by atoms with Gasteiger partial charge < -0.3 is 25.8 Å². The molecule has 4 aliphatic rings. The lowest BCUT2D eigenvalue weighted by atomic mass is 9.83. The number of aromatic amines is 1. The monoisotopic (exact) mass is 623 g/mol. The third-order valence-electron chi connectivity index (χ3n) is 10.7.